The van der Waals surface area contributed by atoms with E-state index in [-0.39, 0.29) is 0 Å². The number of nitrogens with zero attached hydrogens (tertiary/aromatic N) is 3. The molecule has 0 spiro atoms. The lowest BCUT2D eigenvalue weighted by atomic mass is 10.4. The third-order valence-electron chi connectivity index (χ3n) is 2.75. The SMILES string of the molecule is CCCOc1ncnc(N2CCS(=O)CC2)c1N. The van der Waals surface area contributed by atoms with Gasteiger partial charge in [-0.15, -0.1) is 0 Å². The summed E-state index contributed by atoms with van der Waals surface area (Å²) in [6.07, 6.45) is 2.36. The molecule has 1 saturated heterocycles. The van der Waals surface area contributed by atoms with Gasteiger partial charge >= 0.3 is 0 Å². The van der Waals surface area contributed by atoms with Crippen molar-refractivity contribution in [2.75, 3.05) is 41.8 Å². The van der Waals surface area contributed by atoms with Gasteiger partial charge in [-0.2, -0.15) is 4.98 Å². The summed E-state index contributed by atoms with van der Waals surface area (Å²) < 4.78 is 16.8. The Balaban J connectivity index is 2.15. The van der Waals surface area contributed by atoms with Crippen LogP contribution in [-0.2, 0) is 10.8 Å². The van der Waals surface area contributed by atoms with Gasteiger partial charge in [0.1, 0.15) is 12.0 Å². The zero-order chi connectivity index (χ0) is 13.0. The zero-order valence-corrected chi connectivity index (χ0v) is 11.3. The summed E-state index contributed by atoms with van der Waals surface area (Å²) in [6, 6.07) is 0. The molecule has 1 aliphatic heterocycles. The Labute approximate surface area is 109 Å². The second kappa shape index (κ2) is 5.99. The second-order valence-electron chi connectivity index (χ2n) is 4.10. The van der Waals surface area contributed by atoms with Crippen molar-refractivity contribution in [2.24, 2.45) is 0 Å². The molecule has 1 aromatic rings. The standard InChI is InChI=1S/C11H18N4O2S/c1-2-5-17-11-9(12)10(13-8-14-11)15-3-6-18(16)7-4-15/h8H,2-7,12H2,1H3. The van der Waals surface area contributed by atoms with Gasteiger partial charge in [0.15, 0.2) is 5.82 Å². The lowest BCUT2D eigenvalue weighted by molar-refractivity contribution is 0.306. The van der Waals surface area contributed by atoms with Gasteiger partial charge in [0, 0.05) is 35.4 Å². The summed E-state index contributed by atoms with van der Waals surface area (Å²) in [5, 5.41) is 0. The number of hydrogen-bond acceptors (Lipinski definition) is 6. The molecule has 2 rings (SSSR count). The molecule has 18 heavy (non-hydrogen) atoms. The molecule has 0 saturated carbocycles. The van der Waals surface area contributed by atoms with Crippen LogP contribution in [0.1, 0.15) is 13.3 Å². The van der Waals surface area contributed by atoms with E-state index in [0.717, 1.165) is 6.42 Å². The molecule has 0 aromatic carbocycles. The van der Waals surface area contributed by atoms with Crippen molar-refractivity contribution in [2.45, 2.75) is 13.3 Å². The van der Waals surface area contributed by atoms with E-state index in [4.69, 9.17) is 10.5 Å². The number of aromatic nitrogens is 2. The molecule has 0 amide bonds. The summed E-state index contributed by atoms with van der Waals surface area (Å²) in [7, 11) is -0.709. The van der Waals surface area contributed by atoms with E-state index in [9.17, 15) is 4.21 Å². The van der Waals surface area contributed by atoms with E-state index in [1.54, 1.807) is 0 Å². The first-order valence-corrected chi connectivity index (χ1v) is 7.54. The van der Waals surface area contributed by atoms with Gasteiger partial charge in [0.05, 0.1) is 6.61 Å². The van der Waals surface area contributed by atoms with Gasteiger partial charge < -0.3 is 15.4 Å². The minimum absolute atomic E-state index is 0.438. The Kier molecular flexibility index (Phi) is 4.35. The number of rotatable bonds is 4. The molecule has 0 unspecified atom stereocenters. The van der Waals surface area contributed by atoms with Crippen LogP contribution in [0.3, 0.4) is 0 Å². The maximum absolute atomic E-state index is 11.3. The fraction of sp³-hybridized carbons (Fsp3) is 0.636. The van der Waals surface area contributed by atoms with Crippen molar-refractivity contribution < 1.29 is 8.95 Å². The van der Waals surface area contributed by atoms with Crippen LogP contribution in [0.25, 0.3) is 0 Å². The highest BCUT2D eigenvalue weighted by Gasteiger charge is 2.20. The maximum atomic E-state index is 11.3. The Bertz CT molecular complexity index is 431. The van der Waals surface area contributed by atoms with Crippen molar-refractivity contribution in [3.05, 3.63) is 6.33 Å². The molecule has 1 fully saturated rings. The van der Waals surface area contributed by atoms with Crippen molar-refractivity contribution in [3.63, 3.8) is 0 Å². The van der Waals surface area contributed by atoms with E-state index in [1.807, 2.05) is 11.8 Å². The van der Waals surface area contributed by atoms with Gasteiger partial charge in [-0.05, 0) is 6.42 Å². The molecule has 0 aliphatic carbocycles. The van der Waals surface area contributed by atoms with E-state index >= 15 is 0 Å². The van der Waals surface area contributed by atoms with E-state index in [0.29, 0.717) is 48.6 Å². The molecule has 6 nitrogen and oxygen atoms in total. The van der Waals surface area contributed by atoms with Crippen LogP contribution in [0.5, 0.6) is 5.88 Å². The predicted molar refractivity (Wildman–Crippen MR) is 72.3 cm³/mol. The number of nitrogens with two attached hydrogens (primary N) is 1. The van der Waals surface area contributed by atoms with Crippen LogP contribution in [0.15, 0.2) is 6.33 Å². The van der Waals surface area contributed by atoms with Crippen LogP contribution in [0.2, 0.25) is 0 Å². The normalized spacial score (nSPS) is 16.8. The fourth-order valence-corrected chi connectivity index (χ4v) is 2.84. The molecule has 2 N–H and O–H groups in total. The smallest absolute Gasteiger partial charge is 0.242 e. The molecular formula is C11H18N4O2S. The number of hydrogen-bond donors (Lipinski definition) is 1. The molecule has 1 aliphatic rings. The Hall–Kier alpha value is -1.37. The highest BCUT2D eigenvalue weighted by atomic mass is 32.2. The number of anilines is 2. The van der Waals surface area contributed by atoms with Crippen molar-refractivity contribution in [1.29, 1.82) is 0 Å². The zero-order valence-electron chi connectivity index (χ0n) is 10.5. The van der Waals surface area contributed by atoms with E-state index < -0.39 is 10.8 Å². The first-order valence-electron chi connectivity index (χ1n) is 6.05. The van der Waals surface area contributed by atoms with Crippen molar-refractivity contribution in [3.8, 4) is 5.88 Å². The Morgan fingerprint density at radius 2 is 2.17 bits per heavy atom. The molecular weight excluding hydrogens is 252 g/mol. The van der Waals surface area contributed by atoms with Gasteiger partial charge in [-0.1, -0.05) is 6.92 Å². The van der Waals surface area contributed by atoms with Crippen LogP contribution in [0.4, 0.5) is 11.5 Å². The fourth-order valence-electron chi connectivity index (χ4n) is 1.79. The van der Waals surface area contributed by atoms with Gasteiger partial charge in [0.2, 0.25) is 5.88 Å². The summed E-state index contributed by atoms with van der Waals surface area (Å²) in [5.74, 6) is 2.45. The van der Waals surface area contributed by atoms with Crippen LogP contribution in [0, 0.1) is 0 Å². The topological polar surface area (TPSA) is 81.3 Å². The quantitative estimate of drug-likeness (QED) is 0.853. The van der Waals surface area contributed by atoms with Gasteiger partial charge in [-0.3, -0.25) is 4.21 Å². The average molecular weight is 270 g/mol. The highest BCUT2D eigenvalue weighted by Crippen LogP contribution is 2.28. The second-order valence-corrected chi connectivity index (χ2v) is 5.80. The third-order valence-corrected chi connectivity index (χ3v) is 4.02. The molecule has 0 bridgehead atoms. The van der Waals surface area contributed by atoms with Crippen LogP contribution < -0.4 is 15.4 Å². The van der Waals surface area contributed by atoms with Crippen LogP contribution in [-0.4, -0.2) is 45.4 Å². The lowest BCUT2D eigenvalue weighted by Gasteiger charge is -2.28. The van der Waals surface area contributed by atoms with Crippen molar-refractivity contribution in [1.82, 2.24) is 9.97 Å². The number of nitrogen functional groups attached to an aromatic ring is 1. The molecule has 100 valence electrons. The first kappa shape index (κ1) is 13.1. The molecule has 2 heterocycles. The molecule has 0 radical (unpaired) electrons. The highest BCUT2D eigenvalue weighted by molar-refractivity contribution is 7.85. The van der Waals surface area contributed by atoms with E-state index in [2.05, 4.69) is 9.97 Å². The third kappa shape index (κ3) is 2.90. The molecule has 7 heteroatoms. The maximum Gasteiger partial charge on any atom is 0.242 e. The largest absolute Gasteiger partial charge is 0.476 e. The van der Waals surface area contributed by atoms with Crippen LogP contribution >= 0.6 is 0 Å². The summed E-state index contributed by atoms with van der Waals surface area (Å²) in [5.41, 5.74) is 6.49. The summed E-state index contributed by atoms with van der Waals surface area (Å²) >= 11 is 0. The molecule has 0 atom stereocenters. The minimum atomic E-state index is -0.709. The number of ether oxygens (including phenoxy) is 1. The monoisotopic (exact) mass is 270 g/mol. The predicted octanol–water partition coefficient (Wildman–Crippen LogP) is 0.416. The minimum Gasteiger partial charge on any atom is -0.476 e. The first-order chi connectivity index (χ1) is 8.72. The summed E-state index contributed by atoms with van der Waals surface area (Å²) in [6.45, 7) is 4.03. The average Bonchev–Trinajstić information content (AvgIpc) is 2.39. The summed E-state index contributed by atoms with van der Waals surface area (Å²) in [4.78, 5) is 10.3. The molecule has 1 aromatic heterocycles. The Morgan fingerprint density at radius 1 is 1.44 bits per heavy atom. The van der Waals surface area contributed by atoms with Crippen molar-refractivity contribution >= 4 is 22.3 Å². The van der Waals surface area contributed by atoms with Gasteiger partial charge in [0.25, 0.3) is 0 Å². The lowest BCUT2D eigenvalue weighted by Crippen LogP contribution is -2.38. The Morgan fingerprint density at radius 3 is 2.83 bits per heavy atom. The van der Waals surface area contributed by atoms with Gasteiger partial charge in [-0.25, -0.2) is 4.98 Å². The van der Waals surface area contributed by atoms with E-state index in [1.165, 1.54) is 6.33 Å².